The van der Waals surface area contributed by atoms with E-state index in [9.17, 15) is 9.59 Å². The molecular weight excluding hydrogens is 322 g/mol. The fourth-order valence-corrected chi connectivity index (χ4v) is 1.84. The number of esters is 1. The summed E-state index contributed by atoms with van der Waals surface area (Å²) in [5.74, 6) is -0.208. The lowest BCUT2D eigenvalue weighted by Gasteiger charge is -2.04. The van der Waals surface area contributed by atoms with Gasteiger partial charge in [0.25, 0.3) is 0 Å². The molecule has 2 rings (SSSR count). The van der Waals surface area contributed by atoms with E-state index in [0.717, 1.165) is 5.56 Å². The molecule has 0 radical (unpaired) electrons. The molecule has 1 amide bonds. The normalized spacial score (nSPS) is 9.78. The van der Waals surface area contributed by atoms with Crippen LogP contribution in [0.2, 0.25) is 0 Å². The molecule has 2 aromatic rings. The Balaban J connectivity index is 0.00000264. The van der Waals surface area contributed by atoms with Gasteiger partial charge in [-0.05, 0) is 18.1 Å². The van der Waals surface area contributed by atoms with Crippen LogP contribution in [0.25, 0.3) is 0 Å². The average Bonchev–Trinajstić information content (AvgIpc) is 2.93. The molecule has 0 unspecified atom stereocenters. The molecule has 0 aliphatic carbocycles. The Hall–Kier alpha value is -2.61. The van der Waals surface area contributed by atoms with Crippen LogP contribution in [0.5, 0.6) is 0 Å². The number of anilines is 2. The summed E-state index contributed by atoms with van der Waals surface area (Å²) < 4.78 is 4.52. The maximum absolute atomic E-state index is 11.8. The third-order valence-electron chi connectivity index (χ3n) is 3.00. The fraction of sp³-hybridized carbons (Fsp3) is 0.286. The number of hydrogen-bond acceptors (Lipinski definition) is 6. The first kappa shape index (κ1) is 18.4. The van der Waals surface area contributed by atoms with E-state index in [1.165, 1.54) is 7.11 Å². The van der Waals surface area contributed by atoms with Gasteiger partial charge in [0.05, 0.1) is 7.11 Å². The Morgan fingerprint density at radius 2 is 2.09 bits per heavy atom. The number of methoxy groups -OCH3 is 1. The quantitative estimate of drug-likeness (QED) is 0.535. The summed E-state index contributed by atoms with van der Waals surface area (Å²) in [6.07, 6.45) is 0.757. The molecule has 0 saturated carbocycles. The number of H-pyrrole nitrogens is 1. The van der Waals surface area contributed by atoms with Gasteiger partial charge in [0.15, 0.2) is 0 Å². The van der Waals surface area contributed by atoms with Crippen LogP contribution in [0.3, 0.4) is 0 Å². The summed E-state index contributed by atoms with van der Waals surface area (Å²) in [6.45, 7) is 0. The number of nitrogen functional groups attached to an aromatic ring is 1. The van der Waals surface area contributed by atoms with Crippen molar-refractivity contribution in [2.75, 3.05) is 18.2 Å². The minimum absolute atomic E-state index is 0. The standard InChI is InChI=1S/C14H17N5O3.ClH/c1-22-13(21)8-11-16-14(19-18-11)17-12(20)7-6-9-4-2-3-5-10(9)15;/h2-5H,6-8,15H2,1H3,(H2,16,17,18,19,20);1H. The van der Waals surface area contributed by atoms with Crippen molar-refractivity contribution in [3.63, 3.8) is 0 Å². The van der Waals surface area contributed by atoms with Crippen LogP contribution in [0.15, 0.2) is 24.3 Å². The van der Waals surface area contributed by atoms with Crippen molar-refractivity contribution in [2.24, 2.45) is 0 Å². The molecule has 0 atom stereocenters. The number of nitrogens with one attached hydrogen (secondary N) is 2. The van der Waals surface area contributed by atoms with Crippen molar-refractivity contribution in [1.29, 1.82) is 0 Å². The lowest BCUT2D eigenvalue weighted by Crippen LogP contribution is -2.14. The molecule has 0 saturated heterocycles. The molecule has 1 aromatic heterocycles. The van der Waals surface area contributed by atoms with Crippen LogP contribution in [0.1, 0.15) is 17.8 Å². The number of aryl methyl sites for hydroxylation is 1. The van der Waals surface area contributed by atoms with Crippen LogP contribution < -0.4 is 11.1 Å². The minimum Gasteiger partial charge on any atom is -0.469 e. The summed E-state index contributed by atoms with van der Waals surface area (Å²) in [5, 5.41) is 8.94. The Morgan fingerprint density at radius 1 is 1.35 bits per heavy atom. The zero-order valence-electron chi connectivity index (χ0n) is 12.5. The van der Waals surface area contributed by atoms with Crippen LogP contribution in [0.4, 0.5) is 11.6 Å². The predicted octanol–water partition coefficient (Wildman–Crippen LogP) is 1.10. The molecule has 0 fully saturated rings. The molecule has 0 aliphatic rings. The Labute approximate surface area is 139 Å². The molecule has 0 aliphatic heterocycles. The van der Waals surface area contributed by atoms with Crippen molar-refractivity contribution in [2.45, 2.75) is 19.3 Å². The Kier molecular flexibility index (Phi) is 7.01. The van der Waals surface area contributed by atoms with E-state index in [1.54, 1.807) is 6.07 Å². The maximum atomic E-state index is 11.8. The number of aromatic nitrogens is 3. The van der Waals surface area contributed by atoms with E-state index in [2.05, 4.69) is 25.2 Å². The number of aromatic amines is 1. The van der Waals surface area contributed by atoms with Gasteiger partial charge in [-0.15, -0.1) is 17.5 Å². The van der Waals surface area contributed by atoms with Gasteiger partial charge in [0, 0.05) is 12.1 Å². The number of nitrogens with zero attached hydrogens (tertiary/aromatic N) is 2. The maximum Gasteiger partial charge on any atom is 0.313 e. The number of halogens is 1. The molecule has 23 heavy (non-hydrogen) atoms. The van der Waals surface area contributed by atoms with Crippen molar-refractivity contribution in [3.05, 3.63) is 35.7 Å². The van der Waals surface area contributed by atoms with Crippen LogP contribution in [-0.2, 0) is 27.2 Å². The molecule has 1 aromatic carbocycles. The van der Waals surface area contributed by atoms with Crippen LogP contribution >= 0.6 is 12.4 Å². The van der Waals surface area contributed by atoms with Gasteiger partial charge >= 0.3 is 5.97 Å². The lowest BCUT2D eigenvalue weighted by molar-refractivity contribution is -0.139. The molecule has 4 N–H and O–H groups in total. The van der Waals surface area contributed by atoms with E-state index in [4.69, 9.17) is 5.73 Å². The highest BCUT2D eigenvalue weighted by Crippen LogP contribution is 2.13. The Bertz CT molecular complexity index is 674. The summed E-state index contributed by atoms with van der Waals surface area (Å²) in [6, 6.07) is 7.39. The highest BCUT2D eigenvalue weighted by Gasteiger charge is 2.11. The molecule has 0 spiro atoms. The second-order valence-electron chi connectivity index (χ2n) is 4.61. The van der Waals surface area contributed by atoms with Crippen molar-refractivity contribution >= 4 is 35.9 Å². The first-order valence-electron chi connectivity index (χ1n) is 6.70. The third kappa shape index (κ3) is 5.59. The number of nitrogens with two attached hydrogens (primary N) is 1. The monoisotopic (exact) mass is 339 g/mol. The highest BCUT2D eigenvalue weighted by atomic mass is 35.5. The predicted molar refractivity (Wildman–Crippen MR) is 87.2 cm³/mol. The summed E-state index contributed by atoms with van der Waals surface area (Å²) >= 11 is 0. The smallest absolute Gasteiger partial charge is 0.313 e. The number of carbonyl (C=O) groups is 2. The fourth-order valence-electron chi connectivity index (χ4n) is 1.84. The molecule has 9 heteroatoms. The Morgan fingerprint density at radius 3 is 2.78 bits per heavy atom. The van der Waals surface area contributed by atoms with Crippen molar-refractivity contribution in [1.82, 2.24) is 15.2 Å². The van der Waals surface area contributed by atoms with Gasteiger partial charge in [0.2, 0.25) is 11.9 Å². The third-order valence-corrected chi connectivity index (χ3v) is 3.00. The zero-order valence-corrected chi connectivity index (χ0v) is 13.4. The number of rotatable bonds is 6. The number of benzene rings is 1. The van der Waals surface area contributed by atoms with E-state index in [0.29, 0.717) is 17.9 Å². The lowest BCUT2D eigenvalue weighted by atomic mass is 10.1. The average molecular weight is 340 g/mol. The first-order valence-corrected chi connectivity index (χ1v) is 6.70. The molecule has 1 heterocycles. The zero-order chi connectivity index (χ0) is 15.9. The van der Waals surface area contributed by atoms with Gasteiger partial charge in [-0.3, -0.25) is 20.0 Å². The highest BCUT2D eigenvalue weighted by molar-refractivity contribution is 5.89. The summed E-state index contributed by atoms with van der Waals surface area (Å²) in [7, 11) is 1.29. The SMILES string of the molecule is COC(=O)Cc1nc(NC(=O)CCc2ccccc2N)n[nH]1.Cl. The number of amides is 1. The van der Waals surface area contributed by atoms with Crippen molar-refractivity contribution in [3.8, 4) is 0 Å². The van der Waals surface area contributed by atoms with Gasteiger partial charge in [-0.1, -0.05) is 18.2 Å². The molecule has 8 nitrogen and oxygen atoms in total. The number of ether oxygens (including phenoxy) is 1. The van der Waals surface area contributed by atoms with Gasteiger partial charge in [0.1, 0.15) is 12.2 Å². The van der Waals surface area contributed by atoms with Crippen LogP contribution in [0, 0.1) is 0 Å². The van der Waals surface area contributed by atoms with E-state index in [-0.39, 0.29) is 37.1 Å². The minimum atomic E-state index is -0.437. The van der Waals surface area contributed by atoms with Crippen molar-refractivity contribution < 1.29 is 14.3 Å². The number of para-hydroxylation sites is 1. The molecular formula is C14H18ClN5O3. The first-order chi connectivity index (χ1) is 10.6. The largest absolute Gasteiger partial charge is 0.469 e. The second-order valence-corrected chi connectivity index (χ2v) is 4.61. The molecule has 124 valence electrons. The van der Waals surface area contributed by atoms with E-state index in [1.807, 2.05) is 18.2 Å². The summed E-state index contributed by atoms with van der Waals surface area (Å²) in [5.41, 5.74) is 7.39. The van der Waals surface area contributed by atoms with E-state index >= 15 is 0 Å². The second kappa shape index (κ2) is 8.74. The van der Waals surface area contributed by atoms with Crippen LogP contribution in [-0.4, -0.2) is 34.2 Å². The van der Waals surface area contributed by atoms with Gasteiger partial charge in [-0.25, -0.2) is 0 Å². The topological polar surface area (TPSA) is 123 Å². The molecule has 0 bridgehead atoms. The summed E-state index contributed by atoms with van der Waals surface area (Å²) in [4.78, 5) is 26.9. The number of carbonyl (C=O) groups excluding carboxylic acids is 2. The number of hydrogen-bond donors (Lipinski definition) is 3. The van der Waals surface area contributed by atoms with E-state index < -0.39 is 5.97 Å². The van der Waals surface area contributed by atoms with Gasteiger partial charge in [-0.2, -0.15) is 4.98 Å². The van der Waals surface area contributed by atoms with Gasteiger partial charge < -0.3 is 10.5 Å².